The normalized spacial score (nSPS) is 14.8. The van der Waals surface area contributed by atoms with E-state index in [0.29, 0.717) is 31.5 Å². The Balaban J connectivity index is 1.54. The van der Waals surface area contributed by atoms with Gasteiger partial charge in [-0.3, -0.25) is 9.59 Å². The lowest BCUT2D eigenvalue weighted by atomic mass is 9.95. The number of hydrogen-bond acceptors (Lipinski definition) is 3. The Bertz CT molecular complexity index is 778. The molecule has 26 heavy (non-hydrogen) atoms. The van der Waals surface area contributed by atoms with Gasteiger partial charge in [0, 0.05) is 30.3 Å². The van der Waals surface area contributed by atoms with E-state index in [1.807, 2.05) is 36.1 Å². The van der Waals surface area contributed by atoms with E-state index in [1.165, 1.54) is 0 Å². The fraction of sp³-hybridized carbons (Fsp3) is 0.333. The third-order valence-electron chi connectivity index (χ3n) is 4.78. The molecule has 1 fully saturated rings. The molecule has 5 nitrogen and oxygen atoms in total. The second-order valence-electron chi connectivity index (χ2n) is 6.65. The van der Waals surface area contributed by atoms with E-state index in [-0.39, 0.29) is 17.7 Å². The van der Waals surface area contributed by atoms with Crippen LogP contribution in [0.15, 0.2) is 48.5 Å². The summed E-state index contributed by atoms with van der Waals surface area (Å²) in [6.45, 7) is 3.19. The number of nitrogens with one attached hydrogen (secondary N) is 1. The lowest BCUT2D eigenvalue weighted by Crippen LogP contribution is -2.41. The number of carbonyl (C=O) groups excluding carboxylic acids is 2. The summed E-state index contributed by atoms with van der Waals surface area (Å²) >= 11 is 0. The minimum absolute atomic E-state index is 0.00481. The van der Waals surface area contributed by atoms with Gasteiger partial charge in [-0.15, -0.1) is 0 Å². The van der Waals surface area contributed by atoms with E-state index in [2.05, 4.69) is 5.32 Å². The van der Waals surface area contributed by atoms with Gasteiger partial charge >= 0.3 is 0 Å². The second-order valence-corrected chi connectivity index (χ2v) is 6.65. The number of aryl methyl sites for hydroxylation is 1. The standard InChI is InChI=1S/C21H24N2O3/c1-15-4-3-5-18(14-15)22-20(24)16-10-12-23(13-11-16)21(25)17-6-8-19(26-2)9-7-17/h3-9,14,16H,10-13H2,1-2H3,(H,22,24). The first-order valence-corrected chi connectivity index (χ1v) is 8.87. The Morgan fingerprint density at radius 2 is 1.77 bits per heavy atom. The number of likely N-dealkylation sites (tertiary alicyclic amines) is 1. The fourth-order valence-electron chi connectivity index (χ4n) is 3.23. The van der Waals surface area contributed by atoms with Crippen LogP contribution in [0.2, 0.25) is 0 Å². The maximum absolute atomic E-state index is 12.6. The van der Waals surface area contributed by atoms with Gasteiger partial charge < -0.3 is 15.0 Å². The van der Waals surface area contributed by atoms with E-state index in [4.69, 9.17) is 4.74 Å². The first-order chi connectivity index (χ1) is 12.6. The number of hydrogen-bond donors (Lipinski definition) is 1. The van der Waals surface area contributed by atoms with Gasteiger partial charge in [-0.2, -0.15) is 0 Å². The Morgan fingerprint density at radius 3 is 2.38 bits per heavy atom. The lowest BCUT2D eigenvalue weighted by Gasteiger charge is -2.31. The number of benzene rings is 2. The number of piperidine rings is 1. The topological polar surface area (TPSA) is 58.6 Å². The van der Waals surface area contributed by atoms with Crippen LogP contribution in [0.1, 0.15) is 28.8 Å². The van der Waals surface area contributed by atoms with Gasteiger partial charge in [0.25, 0.3) is 5.91 Å². The zero-order chi connectivity index (χ0) is 18.5. The number of anilines is 1. The van der Waals surface area contributed by atoms with Crippen molar-refractivity contribution in [3.63, 3.8) is 0 Å². The molecule has 0 aliphatic carbocycles. The summed E-state index contributed by atoms with van der Waals surface area (Å²) in [4.78, 5) is 26.9. The van der Waals surface area contributed by atoms with Gasteiger partial charge in [0.2, 0.25) is 5.91 Å². The molecule has 1 aliphatic heterocycles. The van der Waals surface area contributed by atoms with E-state index in [9.17, 15) is 9.59 Å². The average Bonchev–Trinajstić information content (AvgIpc) is 2.67. The van der Waals surface area contributed by atoms with Crippen molar-refractivity contribution < 1.29 is 14.3 Å². The second kappa shape index (κ2) is 8.04. The Morgan fingerprint density at radius 1 is 1.08 bits per heavy atom. The first-order valence-electron chi connectivity index (χ1n) is 8.87. The molecule has 0 spiro atoms. The Labute approximate surface area is 154 Å². The Kier molecular flexibility index (Phi) is 5.56. The highest BCUT2D eigenvalue weighted by molar-refractivity contribution is 5.95. The maximum atomic E-state index is 12.6. The molecule has 0 radical (unpaired) electrons. The van der Waals surface area contributed by atoms with Crippen LogP contribution in [0, 0.1) is 12.8 Å². The third-order valence-corrected chi connectivity index (χ3v) is 4.78. The van der Waals surface area contributed by atoms with E-state index >= 15 is 0 Å². The van der Waals surface area contributed by atoms with Crippen molar-refractivity contribution in [1.29, 1.82) is 0 Å². The highest BCUT2D eigenvalue weighted by Crippen LogP contribution is 2.22. The van der Waals surface area contributed by atoms with E-state index in [1.54, 1.807) is 31.4 Å². The number of methoxy groups -OCH3 is 1. The van der Waals surface area contributed by atoms with Gasteiger partial charge in [0.05, 0.1) is 7.11 Å². The Hall–Kier alpha value is -2.82. The number of carbonyl (C=O) groups is 2. The zero-order valence-corrected chi connectivity index (χ0v) is 15.2. The van der Waals surface area contributed by atoms with Crippen molar-refractivity contribution >= 4 is 17.5 Å². The maximum Gasteiger partial charge on any atom is 0.253 e. The molecular formula is C21H24N2O3. The van der Waals surface area contributed by atoms with Gasteiger partial charge in [-0.1, -0.05) is 12.1 Å². The van der Waals surface area contributed by atoms with Crippen molar-refractivity contribution in [2.75, 3.05) is 25.5 Å². The number of ether oxygens (including phenoxy) is 1. The molecule has 1 saturated heterocycles. The number of rotatable bonds is 4. The van der Waals surface area contributed by atoms with E-state index in [0.717, 1.165) is 17.0 Å². The number of amides is 2. The van der Waals surface area contributed by atoms with Crippen molar-refractivity contribution in [3.8, 4) is 5.75 Å². The lowest BCUT2D eigenvalue weighted by molar-refractivity contribution is -0.121. The molecule has 0 aromatic heterocycles. The molecule has 136 valence electrons. The van der Waals surface area contributed by atoms with Crippen molar-refractivity contribution in [3.05, 3.63) is 59.7 Å². The number of nitrogens with zero attached hydrogens (tertiary/aromatic N) is 1. The van der Waals surface area contributed by atoms with Crippen molar-refractivity contribution in [2.24, 2.45) is 5.92 Å². The third kappa shape index (κ3) is 4.23. The molecule has 2 amide bonds. The van der Waals surface area contributed by atoms with Crippen LogP contribution in [0.4, 0.5) is 5.69 Å². The van der Waals surface area contributed by atoms with Crippen LogP contribution in [0.3, 0.4) is 0 Å². The largest absolute Gasteiger partial charge is 0.497 e. The summed E-state index contributed by atoms with van der Waals surface area (Å²) in [5, 5.41) is 2.98. The highest BCUT2D eigenvalue weighted by Gasteiger charge is 2.27. The molecule has 0 bridgehead atoms. The molecule has 5 heteroatoms. The monoisotopic (exact) mass is 352 g/mol. The van der Waals surface area contributed by atoms with Crippen LogP contribution < -0.4 is 10.1 Å². The molecule has 2 aromatic rings. The summed E-state index contributed by atoms with van der Waals surface area (Å²) in [6.07, 6.45) is 1.36. The van der Waals surface area contributed by atoms with Crippen LogP contribution in [-0.2, 0) is 4.79 Å². The molecule has 1 heterocycles. The van der Waals surface area contributed by atoms with Crippen molar-refractivity contribution in [2.45, 2.75) is 19.8 Å². The summed E-state index contributed by atoms with van der Waals surface area (Å²) in [6, 6.07) is 14.9. The van der Waals surface area contributed by atoms with Crippen LogP contribution in [-0.4, -0.2) is 36.9 Å². The predicted molar refractivity (Wildman–Crippen MR) is 101 cm³/mol. The summed E-state index contributed by atoms with van der Waals surface area (Å²) in [5.41, 5.74) is 2.59. The van der Waals surface area contributed by atoms with Crippen molar-refractivity contribution in [1.82, 2.24) is 4.90 Å². The van der Waals surface area contributed by atoms with Gasteiger partial charge in [-0.25, -0.2) is 0 Å². The minimum Gasteiger partial charge on any atom is -0.497 e. The summed E-state index contributed by atoms with van der Waals surface area (Å²) in [5.74, 6) is 0.709. The zero-order valence-electron chi connectivity index (χ0n) is 15.2. The highest BCUT2D eigenvalue weighted by atomic mass is 16.5. The van der Waals surface area contributed by atoms with Gasteiger partial charge in [0.1, 0.15) is 5.75 Å². The molecule has 0 atom stereocenters. The van der Waals surface area contributed by atoms with Gasteiger partial charge in [0.15, 0.2) is 0 Å². The van der Waals surface area contributed by atoms with Gasteiger partial charge in [-0.05, 0) is 61.7 Å². The quantitative estimate of drug-likeness (QED) is 0.916. The molecule has 1 N–H and O–H groups in total. The predicted octanol–water partition coefficient (Wildman–Crippen LogP) is 3.49. The molecule has 1 aliphatic rings. The fourth-order valence-corrected chi connectivity index (χ4v) is 3.23. The molecule has 0 unspecified atom stereocenters. The summed E-state index contributed by atoms with van der Waals surface area (Å²) in [7, 11) is 1.60. The smallest absolute Gasteiger partial charge is 0.253 e. The van der Waals surface area contributed by atoms with Crippen LogP contribution >= 0.6 is 0 Å². The molecule has 0 saturated carbocycles. The average molecular weight is 352 g/mol. The molecule has 3 rings (SSSR count). The molecular weight excluding hydrogens is 328 g/mol. The van der Waals surface area contributed by atoms with Crippen LogP contribution in [0.5, 0.6) is 5.75 Å². The van der Waals surface area contributed by atoms with Crippen LogP contribution in [0.25, 0.3) is 0 Å². The summed E-state index contributed by atoms with van der Waals surface area (Å²) < 4.78 is 5.12. The molecule has 2 aromatic carbocycles. The van der Waals surface area contributed by atoms with E-state index < -0.39 is 0 Å². The minimum atomic E-state index is -0.0598. The SMILES string of the molecule is COc1ccc(C(=O)N2CCC(C(=O)Nc3cccc(C)c3)CC2)cc1. The first kappa shape index (κ1) is 18.0.